The minimum Gasteiger partial charge on any atom is -0.497 e. The zero-order valence-electron chi connectivity index (χ0n) is 19.8. The number of amides is 2. The van der Waals surface area contributed by atoms with Gasteiger partial charge in [0.1, 0.15) is 11.4 Å². The predicted octanol–water partition coefficient (Wildman–Crippen LogP) is 5.00. The molecule has 0 unspecified atom stereocenters. The molecule has 2 aliphatic heterocycles. The van der Waals surface area contributed by atoms with Gasteiger partial charge in [-0.25, -0.2) is 0 Å². The van der Waals surface area contributed by atoms with Crippen LogP contribution in [0.5, 0.6) is 5.75 Å². The maximum Gasteiger partial charge on any atom is 0.273 e. The molecular weight excluding hydrogens is 487 g/mol. The third-order valence-electron chi connectivity index (χ3n) is 6.99. The van der Waals surface area contributed by atoms with Gasteiger partial charge in [-0.2, -0.15) is 5.10 Å². The number of benzene rings is 2. The molecule has 5 rings (SSSR count). The van der Waals surface area contributed by atoms with Crippen LogP contribution in [0.2, 0.25) is 10.0 Å². The fourth-order valence-corrected chi connectivity index (χ4v) is 5.23. The highest BCUT2D eigenvalue weighted by Crippen LogP contribution is 2.33. The Hall–Kier alpha value is -3.03. The van der Waals surface area contributed by atoms with Crippen LogP contribution >= 0.6 is 23.2 Å². The number of nitrogens with zero attached hydrogens (tertiary/aromatic N) is 4. The average molecular weight is 513 g/mol. The van der Waals surface area contributed by atoms with E-state index in [1.165, 1.54) is 0 Å². The van der Waals surface area contributed by atoms with Crippen LogP contribution in [-0.2, 0) is 19.5 Å². The van der Waals surface area contributed by atoms with Crippen LogP contribution in [0.25, 0.3) is 0 Å². The fraction of sp³-hybridized carbons (Fsp3) is 0.346. The Balaban J connectivity index is 1.43. The summed E-state index contributed by atoms with van der Waals surface area (Å²) in [5, 5.41) is 5.49. The second-order valence-corrected chi connectivity index (χ2v) is 9.87. The van der Waals surface area contributed by atoms with E-state index in [0.717, 1.165) is 22.6 Å². The Bertz CT molecular complexity index is 1300. The van der Waals surface area contributed by atoms with Gasteiger partial charge in [-0.05, 0) is 49.7 Å². The summed E-state index contributed by atoms with van der Waals surface area (Å²) in [5.41, 5.74) is 3.79. The van der Waals surface area contributed by atoms with E-state index in [1.807, 2.05) is 47.7 Å². The molecule has 0 fully saturated rings. The van der Waals surface area contributed by atoms with E-state index in [4.69, 9.17) is 33.0 Å². The Morgan fingerprint density at radius 3 is 2.54 bits per heavy atom. The van der Waals surface area contributed by atoms with E-state index in [1.54, 1.807) is 30.2 Å². The Labute approximate surface area is 214 Å². The molecule has 0 radical (unpaired) electrons. The van der Waals surface area contributed by atoms with E-state index in [2.05, 4.69) is 0 Å². The van der Waals surface area contributed by atoms with Crippen molar-refractivity contribution >= 4 is 35.0 Å². The third kappa shape index (κ3) is 4.17. The highest BCUT2D eigenvalue weighted by atomic mass is 35.5. The van der Waals surface area contributed by atoms with Crippen molar-refractivity contribution in [2.75, 3.05) is 13.7 Å². The Morgan fingerprint density at radius 1 is 1.11 bits per heavy atom. The minimum absolute atomic E-state index is 0.0640. The number of aromatic nitrogens is 2. The quantitative estimate of drug-likeness (QED) is 0.493. The van der Waals surface area contributed by atoms with Crippen LogP contribution < -0.4 is 4.74 Å². The number of fused-ring (bicyclic) bond motifs is 3. The summed E-state index contributed by atoms with van der Waals surface area (Å²) in [4.78, 5) is 30.7. The van der Waals surface area contributed by atoms with Gasteiger partial charge in [-0.15, -0.1) is 0 Å². The molecule has 1 aromatic heterocycles. The molecule has 0 saturated heterocycles. The molecule has 2 aliphatic rings. The minimum atomic E-state index is -0.145. The van der Waals surface area contributed by atoms with Gasteiger partial charge in [0.05, 0.1) is 42.0 Å². The highest BCUT2D eigenvalue weighted by molar-refractivity contribution is 6.42. The van der Waals surface area contributed by atoms with Gasteiger partial charge in [0.25, 0.3) is 11.8 Å². The Morgan fingerprint density at radius 2 is 1.86 bits per heavy atom. The van der Waals surface area contributed by atoms with Gasteiger partial charge in [0.2, 0.25) is 0 Å². The maximum atomic E-state index is 13.7. The van der Waals surface area contributed by atoms with Crippen molar-refractivity contribution in [3.63, 3.8) is 0 Å². The summed E-state index contributed by atoms with van der Waals surface area (Å²) in [6.45, 7) is 5.53. The third-order valence-corrected chi connectivity index (χ3v) is 7.73. The number of carbonyl (C=O) groups excluding carboxylic acids is 2. The first kappa shape index (κ1) is 23.7. The van der Waals surface area contributed by atoms with Crippen LogP contribution in [0.1, 0.15) is 57.6 Å². The lowest BCUT2D eigenvalue weighted by Crippen LogP contribution is -2.44. The zero-order chi connectivity index (χ0) is 24.9. The summed E-state index contributed by atoms with van der Waals surface area (Å²) in [5.74, 6) is 0.567. The number of rotatable bonds is 4. The molecule has 0 aliphatic carbocycles. The van der Waals surface area contributed by atoms with Gasteiger partial charge in [0, 0.05) is 30.1 Å². The molecule has 7 nitrogen and oxygen atoms in total. The molecule has 2 aromatic carbocycles. The van der Waals surface area contributed by atoms with E-state index < -0.39 is 0 Å². The predicted molar refractivity (Wildman–Crippen MR) is 134 cm³/mol. The van der Waals surface area contributed by atoms with Gasteiger partial charge < -0.3 is 14.5 Å². The molecule has 0 N–H and O–H groups in total. The molecule has 182 valence electrons. The van der Waals surface area contributed by atoms with Crippen molar-refractivity contribution < 1.29 is 14.3 Å². The normalized spacial score (nSPS) is 18.2. The van der Waals surface area contributed by atoms with Crippen LogP contribution in [0, 0.1) is 0 Å². The number of hydrogen-bond acceptors (Lipinski definition) is 4. The van der Waals surface area contributed by atoms with Crippen molar-refractivity contribution in [2.45, 2.75) is 45.4 Å². The van der Waals surface area contributed by atoms with E-state index in [-0.39, 0.29) is 23.9 Å². The summed E-state index contributed by atoms with van der Waals surface area (Å²) in [6.07, 6.45) is 0.587. The molecule has 9 heteroatoms. The molecule has 0 bridgehead atoms. The molecule has 35 heavy (non-hydrogen) atoms. The van der Waals surface area contributed by atoms with Crippen LogP contribution in [-0.4, -0.2) is 51.1 Å². The first-order valence-electron chi connectivity index (χ1n) is 11.6. The molecule has 0 saturated carbocycles. The standard InChI is InChI=1S/C26H26Cl2N4O3/c1-15-12-23-20(14-31(15)25(33)18-6-9-21(27)22(28)13-18)24-26(34)30(10-11-32(24)29-23)16(2)17-4-7-19(35-3)8-5-17/h4-9,13,15-16H,10-12,14H2,1-3H3/t15-,16+/m1/s1. The largest absolute Gasteiger partial charge is 0.497 e. The molecule has 2 atom stereocenters. The lowest BCUT2D eigenvalue weighted by atomic mass is 9.97. The number of carbonyl (C=O) groups is 2. The van der Waals surface area contributed by atoms with Crippen molar-refractivity contribution in [2.24, 2.45) is 0 Å². The van der Waals surface area contributed by atoms with Crippen LogP contribution in [0.15, 0.2) is 42.5 Å². The summed E-state index contributed by atoms with van der Waals surface area (Å²) >= 11 is 12.2. The van der Waals surface area contributed by atoms with Crippen molar-refractivity contribution in [3.05, 3.63) is 80.6 Å². The van der Waals surface area contributed by atoms with Crippen LogP contribution in [0.3, 0.4) is 0 Å². The van der Waals surface area contributed by atoms with E-state index in [9.17, 15) is 9.59 Å². The van der Waals surface area contributed by atoms with E-state index >= 15 is 0 Å². The van der Waals surface area contributed by atoms with Crippen molar-refractivity contribution in [1.29, 1.82) is 0 Å². The number of methoxy groups -OCH3 is 1. The van der Waals surface area contributed by atoms with Gasteiger partial charge in [-0.1, -0.05) is 35.3 Å². The molecule has 2 amide bonds. The summed E-state index contributed by atoms with van der Waals surface area (Å²) < 4.78 is 7.07. The highest BCUT2D eigenvalue weighted by Gasteiger charge is 2.38. The Kier molecular flexibility index (Phi) is 6.23. The summed E-state index contributed by atoms with van der Waals surface area (Å²) in [7, 11) is 1.63. The second kappa shape index (κ2) is 9.21. The first-order valence-corrected chi connectivity index (χ1v) is 12.3. The van der Waals surface area contributed by atoms with Gasteiger partial charge >= 0.3 is 0 Å². The maximum absolute atomic E-state index is 13.7. The monoisotopic (exact) mass is 512 g/mol. The van der Waals surface area contributed by atoms with Gasteiger partial charge in [0.15, 0.2) is 0 Å². The summed E-state index contributed by atoms with van der Waals surface area (Å²) in [6, 6.07) is 12.5. The topological polar surface area (TPSA) is 67.7 Å². The SMILES string of the molecule is COc1ccc([C@H](C)N2CCn3nc4c(c3C2=O)CN(C(=O)c2ccc(Cl)c(Cl)c2)[C@H](C)C4)cc1. The molecule has 3 heterocycles. The molecular formula is C26H26Cl2N4O3. The van der Waals surface area contributed by atoms with Crippen molar-refractivity contribution in [3.8, 4) is 5.75 Å². The second-order valence-electron chi connectivity index (χ2n) is 9.06. The first-order chi connectivity index (χ1) is 16.8. The van der Waals surface area contributed by atoms with Gasteiger partial charge in [-0.3, -0.25) is 14.3 Å². The average Bonchev–Trinajstić information content (AvgIpc) is 3.22. The molecule has 3 aromatic rings. The molecule has 0 spiro atoms. The number of ether oxygens (including phenoxy) is 1. The number of hydrogen-bond donors (Lipinski definition) is 0. The smallest absolute Gasteiger partial charge is 0.273 e. The zero-order valence-corrected chi connectivity index (χ0v) is 21.3. The lowest BCUT2D eigenvalue weighted by molar-refractivity contribution is 0.0605. The fourth-order valence-electron chi connectivity index (χ4n) is 4.94. The lowest BCUT2D eigenvalue weighted by Gasteiger charge is -2.35. The van der Waals surface area contributed by atoms with Crippen molar-refractivity contribution in [1.82, 2.24) is 19.6 Å². The number of halogens is 2. The van der Waals surface area contributed by atoms with Crippen LogP contribution in [0.4, 0.5) is 0 Å². The van der Waals surface area contributed by atoms with E-state index in [0.29, 0.717) is 47.4 Å².